The van der Waals surface area contributed by atoms with Crippen LogP contribution in [0.25, 0.3) is 11.3 Å². The van der Waals surface area contributed by atoms with Crippen LogP contribution in [0.3, 0.4) is 0 Å². The third-order valence-corrected chi connectivity index (χ3v) is 5.22. The molecule has 0 saturated heterocycles. The van der Waals surface area contributed by atoms with Crippen molar-refractivity contribution < 1.29 is 13.9 Å². The van der Waals surface area contributed by atoms with Crippen molar-refractivity contribution in [1.82, 2.24) is 29.5 Å². The number of pyridine rings is 1. The largest absolute Gasteiger partial charge is 0.382 e. The Bertz CT molecular complexity index is 1170. The number of halogens is 4. The maximum absolute atomic E-state index is 14.8. The van der Waals surface area contributed by atoms with Gasteiger partial charge in [-0.2, -0.15) is 10.2 Å². The molecule has 4 aromatic rings. The highest BCUT2D eigenvalue weighted by Crippen LogP contribution is 2.41. The fourth-order valence-electron chi connectivity index (χ4n) is 3.62. The van der Waals surface area contributed by atoms with E-state index in [0.29, 0.717) is 17.0 Å². The summed E-state index contributed by atoms with van der Waals surface area (Å²) in [5.41, 5.74) is 0.0796. The van der Waals surface area contributed by atoms with Gasteiger partial charge < -0.3 is 5.11 Å². The number of aromatic nitrogens is 6. The van der Waals surface area contributed by atoms with Crippen LogP contribution >= 0.6 is 24.8 Å². The van der Waals surface area contributed by atoms with Gasteiger partial charge in [-0.1, -0.05) is 13.0 Å². The standard InChI is InChI=1S/C21H20F2N6O.2ClH/c1-14(20-16(4-3-8-25-20)19-7-9-28(2)27-19)21(30,11-29-13-24-12-26-29)17-6-5-15(22)10-18(17)23;;/h3-10,12-14,30H,11H2,1-2H3;2*1H/t14-,21+;;/m0../s1. The summed E-state index contributed by atoms with van der Waals surface area (Å²) in [6.45, 7) is 1.64. The summed E-state index contributed by atoms with van der Waals surface area (Å²) in [7, 11) is 1.80. The van der Waals surface area contributed by atoms with Crippen molar-refractivity contribution in [1.29, 1.82) is 0 Å². The molecule has 3 aromatic heterocycles. The molecule has 11 heteroatoms. The van der Waals surface area contributed by atoms with E-state index in [1.807, 2.05) is 12.1 Å². The number of aliphatic hydroxyl groups is 1. The molecule has 0 saturated carbocycles. The van der Waals surface area contributed by atoms with Gasteiger partial charge in [-0.05, 0) is 24.3 Å². The van der Waals surface area contributed by atoms with Crippen LogP contribution in [0.5, 0.6) is 0 Å². The van der Waals surface area contributed by atoms with Crippen molar-refractivity contribution in [2.75, 3.05) is 0 Å². The number of hydrogen-bond acceptors (Lipinski definition) is 5. The molecule has 4 rings (SSSR count). The van der Waals surface area contributed by atoms with Crippen LogP contribution < -0.4 is 0 Å². The van der Waals surface area contributed by atoms with Gasteiger partial charge in [-0.15, -0.1) is 24.8 Å². The Morgan fingerprint density at radius 2 is 1.94 bits per heavy atom. The van der Waals surface area contributed by atoms with E-state index < -0.39 is 23.2 Å². The Morgan fingerprint density at radius 3 is 2.56 bits per heavy atom. The average molecular weight is 483 g/mol. The Balaban J connectivity index is 0.00000181. The van der Waals surface area contributed by atoms with Crippen LogP contribution in [0.1, 0.15) is 24.1 Å². The molecule has 0 radical (unpaired) electrons. The predicted octanol–water partition coefficient (Wildman–Crippen LogP) is 3.89. The number of nitrogens with zero attached hydrogens (tertiary/aromatic N) is 6. The number of aryl methyl sites for hydroxylation is 1. The molecule has 1 aromatic carbocycles. The van der Waals surface area contributed by atoms with Gasteiger partial charge in [0.2, 0.25) is 0 Å². The zero-order valence-corrected chi connectivity index (χ0v) is 18.9. The fraction of sp³-hybridized carbons (Fsp3) is 0.238. The molecule has 0 aliphatic rings. The van der Waals surface area contributed by atoms with E-state index in [2.05, 4.69) is 20.2 Å². The lowest BCUT2D eigenvalue weighted by atomic mass is 9.78. The lowest BCUT2D eigenvalue weighted by Gasteiger charge is -2.35. The molecule has 2 atom stereocenters. The first-order valence-corrected chi connectivity index (χ1v) is 9.34. The molecule has 0 unspecified atom stereocenters. The first-order chi connectivity index (χ1) is 14.4. The van der Waals surface area contributed by atoms with Crippen LogP contribution in [-0.2, 0) is 19.2 Å². The molecule has 0 bridgehead atoms. The summed E-state index contributed by atoms with van der Waals surface area (Å²) in [4.78, 5) is 8.38. The van der Waals surface area contributed by atoms with Gasteiger partial charge in [0.15, 0.2) is 0 Å². The molecule has 170 valence electrons. The van der Waals surface area contributed by atoms with Crippen molar-refractivity contribution in [3.8, 4) is 11.3 Å². The van der Waals surface area contributed by atoms with Crippen LogP contribution in [0.4, 0.5) is 8.78 Å². The molecular formula is C21H22Cl2F2N6O. The monoisotopic (exact) mass is 482 g/mol. The summed E-state index contributed by atoms with van der Waals surface area (Å²) in [6, 6.07) is 8.58. The molecule has 3 heterocycles. The molecule has 0 aliphatic heterocycles. The highest BCUT2D eigenvalue weighted by Gasteiger charge is 2.41. The lowest BCUT2D eigenvalue weighted by Crippen LogP contribution is -2.38. The third-order valence-electron chi connectivity index (χ3n) is 5.22. The Morgan fingerprint density at radius 1 is 1.16 bits per heavy atom. The number of rotatable bonds is 6. The molecule has 7 nitrogen and oxygen atoms in total. The van der Waals surface area contributed by atoms with Crippen LogP contribution in [0.2, 0.25) is 0 Å². The highest BCUT2D eigenvalue weighted by molar-refractivity contribution is 5.85. The SMILES string of the molecule is C[C@@H](c1ncccc1-c1ccn(C)n1)[C@](O)(Cn1cncn1)c1ccc(F)cc1F.Cl.Cl. The minimum atomic E-state index is -1.79. The topological polar surface area (TPSA) is 81.6 Å². The predicted molar refractivity (Wildman–Crippen MR) is 120 cm³/mol. The van der Waals surface area contributed by atoms with Crippen LogP contribution in [0.15, 0.2) is 61.4 Å². The second-order valence-electron chi connectivity index (χ2n) is 7.17. The molecular weight excluding hydrogens is 461 g/mol. The zero-order valence-electron chi connectivity index (χ0n) is 17.3. The third kappa shape index (κ3) is 4.79. The average Bonchev–Trinajstić information content (AvgIpc) is 3.39. The number of hydrogen-bond donors (Lipinski definition) is 1. The minimum absolute atomic E-state index is 0. The van der Waals surface area contributed by atoms with Crippen molar-refractivity contribution >= 4 is 24.8 Å². The Labute approximate surface area is 196 Å². The second-order valence-corrected chi connectivity index (χ2v) is 7.17. The quantitative estimate of drug-likeness (QED) is 0.450. The van der Waals surface area contributed by atoms with Gasteiger partial charge in [0.25, 0.3) is 0 Å². The van der Waals surface area contributed by atoms with E-state index in [-0.39, 0.29) is 36.9 Å². The van der Waals surface area contributed by atoms with Crippen molar-refractivity contribution in [3.05, 3.63) is 84.3 Å². The van der Waals surface area contributed by atoms with E-state index in [4.69, 9.17) is 0 Å². The summed E-state index contributed by atoms with van der Waals surface area (Å²) in [6.07, 6.45) is 6.16. The molecule has 0 aliphatic carbocycles. The van der Waals surface area contributed by atoms with E-state index in [1.54, 1.807) is 37.1 Å². The molecule has 0 amide bonds. The maximum Gasteiger partial charge on any atom is 0.137 e. The van der Waals surface area contributed by atoms with Crippen LogP contribution in [-0.4, -0.2) is 34.6 Å². The summed E-state index contributed by atoms with van der Waals surface area (Å²) < 4.78 is 31.4. The van der Waals surface area contributed by atoms with Gasteiger partial charge in [0.05, 0.1) is 17.9 Å². The van der Waals surface area contributed by atoms with E-state index >= 15 is 0 Å². The maximum atomic E-state index is 14.8. The van der Waals surface area contributed by atoms with Crippen LogP contribution in [0, 0.1) is 11.6 Å². The summed E-state index contributed by atoms with van der Waals surface area (Å²) in [5, 5.41) is 20.3. The highest BCUT2D eigenvalue weighted by atomic mass is 35.5. The molecule has 0 fully saturated rings. The minimum Gasteiger partial charge on any atom is -0.382 e. The summed E-state index contributed by atoms with van der Waals surface area (Å²) >= 11 is 0. The van der Waals surface area contributed by atoms with E-state index in [9.17, 15) is 13.9 Å². The van der Waals surface area contributed by atoms with E-state index in [0.717, 1.165) is 12.1 Å². The first kappa shape index (κ1) is 25.4. The molecule has 0 spiro atoms. The van der Waals surface area contributed by atoms with Gasteiger partial charge in [-0.3, -0.25) is 9.67 Å². The normalized spacial score (nSPS) is 13.5. The summed E-state index contributed by atoms with van der Waals surface area (Å²) in [5.74, 6) is -2.27. The van der Waals surface area contributed by atoms with Gasteiger partial charge in [-0.25, -0.2) is 18.4 Å². The lowest BCUT2D eigenvalue weighted by molar-refractivity contribution is -0.0121. The van der Waals surface area contributed by atoms with Gasteiger partial charge in [0.1, 0.15) is 29.9 Å². The number of benzene rings is 1. The van der Waals surface area contributed by atoms with Crippen molar-refractivity contribution in [3.63, 3.8) is 0 Å². The molecule has 1 N–H and O–H groups in total. The van der Waals surface area contributed by atoms with Crippen molar-refractivity contribution in [2.45, 2.75) is 25.0 Å². The molecule has 32 heavy (non-hydrogen) atoms. The first-order valence-electron chi connectivity index (χ1n) is 9.34. The zero-order chi connectivity index (χ0) is 21.3. The van der Waals surface area contributed by atoms with Gasteiger partial charge in [0, 0.05) is 42.6 Å². The Hall–Kier alpha value is -2.88. The second kappa shape index (κ2) is 10.2. The fourth-order valence-corrected chi connectivity index (χ4v) is 3.62. The van der Waals surface area contributed by atoms with E-state index in [1.165, 1.54) is 23.4 Å². The smallest absolute Gasteiger partial charge is 0.137 e. The van der Waals surface area contributed by atoms with Gasteiger partial charge >= 0.3 is 0 Å². The Kier molecular flexibility index (Phi) is 8.06. The van der Waals surface area contributed by atoms with Crippen molar-refractivity contribution in [2.24, 2.45) is 7.05 Å².